The van der Waals surface area contributed by atoms with Crippen molar-refractivity contribution in [3.05, 3.63) is 65.2 Å². The molecule has 1 aliphatic heterocycles. The number of anilines is 1. The second kappa shape index (κ2) is 5.64. The molecule has 0 atom stereocenters. The Morgan fingerprint density at radius 3 is 2.71 bits per heavy atom. The van der Waals surface area contributed by atoms with Crippen molar-refractivity contribution in [2.45, 2.75) is 19.3 Å². The van der Waals surface area contributed by atoms with Crippen molar-refractivity contribution >= 4 is 11.6 Å². The van der Waals surface area contributed by atoms with Crippen LogP contribution in [0.15, 0.2) is 42.5 Å². The number of carbonyl (C=O) groups excluding carboxylic acids is 1. The van der Waals surface area contributed by atoms with E-state index in [0.717, 1.165) is 24.1 Å². The first kappa shape index (κ1) is 13.7. The van der Waals surface area contributed by atoms with E-state index in [1.54, 1.807) is 23.1 Å². The van der Waals surface area contributed by atoms with Crippen LogP contribution in [-0.4, -0.2) is 12.5 Å². The van der Waals surface area contributed by atoms with Crippen LogP contribution in [0.3, 0.4) is 0 Å². The second-order valence-corrected chi connectivity index (χ2v) is 5.23. The second-order valence-electron chi connectivity index (χ2n) is 5.23. The largest absolute Gasteiger partial charge is 0.312 e. The average molecular weight is 287 g/mol. The maximum atomic E-state index is 13.3. The molecule has 21 heavy (non-hydrogen) atoms. The third-order valence-corrected chi connectivity index (χ3v) is 3.71. The van der Waals surface area contributed by atoms with Crippen LogP contribution in [0.5, 0.6) is 0 Å². The van der Waals surface area contributed by atoms with Gasteiger partial charge >= 0.3 is 0 Å². The van der Waals surface area contributed by atoms with Crippen LogP contribution in [-0.2, 0) is 17.6 Å². The quantitative estimate of drug-likeness (QED) is 0.828. The van der Waals surface area contributed by atoms with Gasteiger partial charge < -0.3 is 4.90 Å². The molecule has 0 radical (unpaired) electrons. The molecule has 1 heterocycles. The monoisotopic (exact) mass is 287 g/mol. The summed E-state index contributed by atoms with van der Waals surface area (Å²) in [7, 11) is 0. The Morgan fingerprint density at radius 1 is 1.10 bits per heavy atom. The lowest BCUT2D eigenvalue weighted by Gasteiger charge is -2.29. The van der Waals surface area contributed by atoms with E-state index in [1.807, 2.05) is 0 Å². The van der Waals surface area contributed by atoms with Crippen molar-refractivity contribution in [3.63, 3.8) is 0 Å². The minimum Gasteiger partial charge on any atom is -0.312 e. The fourth-order valence-corrected chi connectivity index (χ4v) is 2.74. The van der Waals surface area contributed by atoms with Crippen LogP contribution in [0.25, 0.3) is 0 Å². The van der Waals surface area contributed by atoms with E-state index in [9.17, 15) is 13.6 Å². The van der Waals surface area contributed by atoms with Gasteiger partial charge in [0.1, 0.15) is 11.6 Å². The molecule has 0 bridgehead atoms. The molecule has 1 aliphatic rings. The van der Waals surface area contributed by atoms with Crippen molar-refractivity contribution in [2.24, 2.45) is 0 Å². The maximum Gasteiger partial charge on any atom is 0.231 e. The number of carbonyl (C=O) groups is 1. The van der Waals surface area contributed by atoms with Crippen LogP contribution in [0.4, 0.5) is 14.5 Å². The van der Waals surface area contributed by atoms with Gasteiger partial charge in [-0.3, -0.25) is 4.79 Å². The smallest absolute Gasteiger partial charge is 0.231 e. The first-order valence-corrected chi connectivity index (χ1v) is 6.97. The third kappa shape index (κ3) is 2.94. The predicted octanol–water partition coefficient (Wildman–Crippen LogP) is 3.49. The fraction of sp³-hybridized carbons (Fsp3) is 0.235. The number of nitrogens with zero attached hydrogens (tertiary/aromatic N) is 1. The molecule has 2 nitrogen and oxygen atoms in total. The number of rotatable bonds is 2. The van der Waals surface area contributed by atoms with Gasteiger partial charge in [0.05, 0.1) is 6.42 Å². The Kier molecular flexibility index (Phi) is 3.69. The first-order valence-electron chi connectivity index (χ1n) is 6.97. The Balaban J connectivity index is 1.83. The van der Waals surface area contributed by atoms with E-state index in [1.165, 1.54) is 24.3 Å². The van der Waals surface area contributed by atoms with Gasteiger partial charge in [-0.1, -0.05) is 12.1 Å². The zero-order chi connectivity index (χ0) is 14.8. The molecule has 0 unspecified atom stereocenters. The molecule has 0 aromatic heterocycles. The molecule has 1 amide bonds. The summed E-state index contributed by atoms with van der Waals surface area (Å²) >= 11 is 0. The number of hydrogen-bond donors (Lipinski definition) is 0. The highest BCUT2D eigenvalue weighted by Gasteiger charge is 2.22. The van der Waals surface area contributed by atoms with Gasteiger partial charge in [-0.2, -0.15) is 0 Å². The number of halogens is 2. The Morgan fingerprint density at radius 2 is 1.90 bits per heavy atom. The fourth-order valence-electron chi connectivity index (χ4n) is 2.74. The Labute approximate surface area is 122 Å². The summed E-state index contributed by atoms with van der Waals surface area (Å²) in [6, 6.07) is 10.5. The minimum absolute atomic E-state index is 0.0897. The summed E-state index contributed by atoms with van der Waals surface area (Å²) in [5.74, 6) is -0.720. The molecule has 0 aliphatic carbocycles. The van der Waals surface area contributed by atoms with Gasteiger partial charge in [0, 0.05) is 12.2 Å². The Hall–Kier alpha value is -2.23. The van der Waals surface area contributed by atoms with E-state index in [4.69, 9.17) is 0 Å². The molecule has 2 aromatic carbocycles. The predicted molar refractivity (Wildman–Crippen MR) is 77.2 cm³/mol. The van der Waals surface area contributed by atoms with Crippen molar-refractivity contribution in [1.29, 1.82) is 0 Å². The van der Waals surface area contributed by atoms with Crippen molar-refractivity contribution in [2.75, 3.05) is 11.4 Å². The van der Waals surface area contributed by atoms with Gasteiger partial charge in [0.15, 0.2) is 0 Å². The molecule has 3 rings (SSSR count). The van der Waals surface area contributed by atoms with Crippen LogP contribution < -0.4 is 4.90 Å². The maximum absolute atomic E-state index is 13.3. The summed E-state index contributed by atoms with van der Waals surface area (Å²) < 4.78 is 26.4. The molecule has 0 spiro atoms. The molecule has 0 fully saturated rings. The molecular formula is C17H15F2NO. The SMILES string of the molecule is O=C(Cc1cccc(F)c1)N1CCCc2cc(F)ccc21. The normalized spacial score (nSPS) is 13.9. The molecule has 0 saturated carbocycles. The van der Waals surface area contributed by atoms with Crippen LogP contribution in [0, 0.1) is 11.6 Å². The molecular weight excluding hydrogens is 272 g/mol. The molecule has 0 N–H and O–H groups in total. The summed E-state index contributed by atoms with van der Waals surface area (Å²) in [6.45, 7) is 0.618. The summed E-state index contributed by atoms with van der Waals surface area (Å²) in [5, 5.41) is 0. The average Bonchev–Trinajstić information content (AvgIpc) is 2.46. The summed E-state index contributed by atoms with van der Waals surface area (Å²) in [5.41, 5.74) is 2.27. The first-order chi connectivity index (χ1) is 10.1. The number of aryl methyl sites for hydroxylation is 1. The lowest BCUT2D eigenvalue weighted by Crippen LogP contribution is -2.36. The van der Waals surface area contributed by atoms with E-state index < -0.39 is 0 Å². The number of hydrogen-bond acceptors (Lipinski definition) is 1. The van der Waals surface area contributed by atoms with Crippen molar-refractivity contribution < 1.29 is 13.6 Å². The lowest BCUT2D eigenvalue weighted by atomic mass is 10.0. The highest BCUT2D eigenvalue weighted by Crippen LogP contribution is 2.28. The summed E-state index contributed by atoms with van der Waals surface area (Å²) in [6.07, 6.45) is 1.73. The highest BCUT2D eigenvalue weighted by molar-refractivity contribution is 5.95. The summed E-state index contributed by atoms with van der Waals surface area (Å²) in [4.78, 5) is 14.1. The van der Waals surface area contributed by atoms with Crippen LogP contribution in [0.1, 0.15) is 17.5 Å². The Bertz CT molecular complexity index is 684. The van der Waals surface area contributed by atoms with Gasteiger partial charge in [-0.15, -0.1) is 0 Å². The van der Waals surface area contributed by atoms with E-state index in [-0.39, 0.29) is 24.0 Å². The molecule has 0 saturated heterocycles. The molecule has 108 valence electrons. The number of amides is 1. The van der Waals surface area contributed by atoms with Gasteiger partial charge in [0.2, 0.25) is 5.91 Å². The highest BCUT2D eigenvalue weighted by atomic mass is 19.1. The van der Waals surface area contributed by atoms with Gasteiger partial charge in [0.25, 0.3) is 0 Å². The standard InChI is InChI=1S/C17H15F2NO/c18-14-5-1-3-12(9-14)10-17(21)20-8-2-4-13-11-15(19)6-7-16(13)20/h1,3,5-7,9,11H,2,4,8,10H2. The number of benzene rings is 2. The zero-order valence-electron chi connectivity index (χ0n) is 11.5. The molecule has 2 aromatic rings. The lowest BCUT2D eigenvalue weighted by molar-refractivity contribution is -0.118. The van der Waals surface area contributed by atoms with Gasteiger partial charge in [-0.05, 0) is 54.3 Å². The van der Waals surface area contributed by atoms with Crippen LogP contribution in [0.2, 0.25) is 0 Å². The van der Waals surface area contributed by atoms with E-state index in [0.29, 0.717) is 12.1 Å². The van der Waals surface area contributed by atoms with E-state index >= 15 is 0 Å². The van der Waals surface area contributed by atoms with E-state index in [2.05, 4.69) is 0 Å². The third-order valence-electron chi connectivity index (χ3n) is 3.71. The molecule has 4 heteroatoms. The minimum atomic E-state index is -0.346. The van der Waals surface area contributed by atoms with Crippen LogP contribution >= 0.6 is 0 Å². The van der Waals surface area contributed by atoms with Gasteiger partial charge in [-0.25, -0.2) is 8.78 Å². The van der Waals surface area contributed by atoms with Crippen molar-refractivity contribution in [1.82, 2.24) is 0 Å². The topological polar surface area (TPSA) is 20.3 Å². The van der Waals surface area contributed by atoms with Crippen molar-refractivity contribution in [3.8, 4) is 0 Å². The number of fused-ring (bicyclic) bond motifs is 1. The zero-order valence-corrected chi connectivity index (χ0v) is 11.5.